The van der Waals surface area contributed by atoms with Crippen LogP contribution in [0.3, 0.4) is 0 Å². The minimum absolute atomic E-state index is 0.233. The summed E-state index contributed by atoms with van der Waals surface area (Å²) < 4.78 is 12.5. The molecule has 0 heterocycles. The van der Waals surface area contributed by atoms with Crippen LogP contribution in [0.1, 0.15) is 58.1 Å². The first kappa shape index (κ1) is 20.8. The minimum atomic E-state index is -0.276. The van der Waals surface area contributed by atoms with Gasteiger partial charge in [-0.15, -0.1) is 0 Å². The van der Waals surface area contributed by atoms with Crippen LogP contribution in [-0.4, -0.2) is 11.2 Å². The normalized spacial score (nSPS) is 13.5. The number of hydrogen-bond donors (Lipinski definition) is 0. The summed E-state index contributed by atoms with van der Waals surface area (Å²) in [6.07, 6.45) is 6.40. The van der Waals surface area contributed by atoms with Crippen molar-refractivity contribution in [3.8, 4) is 11.5 Å². The summed E-state index contributed by atoms with van der Waals surface area (Å²) in [6, 6.07) is 16.1. The number of ether oxygens (including phenoxy) is 2. The lowest BCUT2D eigenvalue weighted by molar-refractivity contribution is 0.0320. The highest BCUT2D eigenvalue weighted by Gasteiger charge is 2.29. The molecule has 2 rings (SSSR count). The van der Waals surface area contributed by atoms with E-state index in [-0.39, 0.29) is 11.2 Å². The molecule has 0 aliphatic rings. The van der Waals surface area contributed by atoms with Crippen molar-refractivity contribution in [2.24, 2.45) is 0 Å². The first-order chi connectivity index (χ1) is 12.8. The zero-order valence-electron chi connectivity index (χ0n) is 17.1. The molecule has 27 heavy (non-hydrogen) atoms. The van der Waals surface area contributed by atoms with Crippen LogP contribution < -0.4 is 9.47 Å². The number of rotatable bonds is 10. The molecule has 0 saturated carbocycles. The summed E-state index contributed by atoms with van der Waals surface area (Å²) in [7, 11) is 0. The maximum atomic E-state index is 6.33. The average Bonchev–Trinajstić information content (AvgIpc) is 2.67. The first-order valence-corrected chi connectivity index (χ1v) is 9.62. The summed E-state index contributed by atoms with van der Waals surface area (Å²) in [4.78, 5) is 0. The first-order valence-electron chi connectivity index (χ1n) is 9.62. The molecule has 0 spiro atoms. The fourth-order valence-corrected chi connectivity index (χ4v) is 2.86. The van der Waals surface area contributed by atoms with Crippen molar-refractivity contribution in [3.05, 3.63) is 72.8 Å². The Morgan fingerprint density at radius 3 is 1.59 bits per heavy atom. The number of benzene rings is 2. The van der Waals surface area contributed by atoms with Gasteiger partial charge in [0.15, 0.2) is 0 Å². The van der Waals surface area contributed by atoms with Crippen LogP contribution in [0.2, 0.25) is 0 Å². The third kappa shape index (κ3) is 6.32. The Morgan fingerprint density at radius 1 is 0.741 bits per heavy atom. The van der Waals surface area contributed by atoms with Gasteiger partial charge < -0.3 is 9.47 Å². The molecule has 1 unspecified atom stereocenters. The van der Waals surface area contributed by atoms with Gasteiger partial charge in [-0.3, -0.25) is 0 Å². The second-order valence-corrected chi connectivity index (χ2v) is 7.81. The Bertz CT molecular complexity index is 741. The van der Waals surface area contributed by atoms with Crippen LogP contribution in [0.25, 0.3) is 12.2 Å². The second kappa shape index (κ2) is 8.94. The molecule has 0 amide bonds. The van der Waals surface area contributed by atoms with Gasteiger partial charge in [0.2, 0.25) is 0 Å². The van der Waals surface area contributed by atoms with Gasteiger partial charge in [0.25, 0.3) is 0 Å². The van der Waals surface area contributed by atoms with E-state index in [2.05, 4.69) is 40.9 Å². The van der Waals surface area contributed by atoms with Crippen molar-refractivity contribution < 1.29 is 9.47 Å². The molecule has 0 fully saturated rings. The molecule has 144 valence electrons. The van der Waals surface area contributed by atoms with Gasteiger partial charge in [-0.2, -0.15) is 0 Å². The van der Waals surface area contributed by atoms with Gasteiger partial charge in [-0.25, -0.2) is 0 Å². The largest absolute Gasteiger partial charge is 0.488 e. The Balaban J connectivity index is 1.98. The maximum absolute atomic E-state index is 6.33. The summed E-state index contributed by atoms with van der Waals surface area (Å²) in [5, 5.41) is 0. The van der Waals surface area contributed by atoms with Crippen LogP contribution in [0, 0.1) is 0 Å². The molecule has 2 aromatic carbocycles. The summed E-state index contributed by atoms with van der Waals surface area (Å²) in [6.45, 7) is 16.2. The van der Waals surface area contributed by atoms with Gasteiger partial charge in [-0.1, -0.05) is 56.5 Å². The third-order valence-corrected chi connectivity index (χ3v) is 4.99. The number of hydrogen-bond acceptors (Lipinski definition) is 2. The fraction of sp³-hybridized carbons (Fsp3) is 0.360. The van der Waals surface area contributed by atoms with Gasteiger partial charge >= 0.3 is 0 Å². The van der Waals surface area contributed by atoms with Crippen LogP contribution in [0.15, 0.2) is 61.7 Å². The monoisotopic (exact) mass is 364 g/mol. The smallest absolute Gasteiger partial charge is 0.120 e. The highest BCUT2D eigenvalue weighted by atomic mass is 16.5. The summed E-state index contributed by atoms with van der Waals surface area (Å²) in [5.74, 6) is 1.77. The van der Waals surface area contributed by atoms with Gasteiger partial charge in [-0.05, 0) is 75.4 Å². The van der Waals surface area contributed by atoms with Crippen molar-refractivity contribution in [1.82, 2.24) is 0 Å². The van der Waals surface area contributed by atoms with Crippen LogP contribution >= 0.6 is 0 Å². The molecule has 1 atom stereocenters. The SMILES string of the molecule is C=Cc1ccc(OC(C)(C)CCC(C)(CC)Oc2ccc(C=C)cc2)cc1. The third-order valence-electron chi connectivity index (χ3n) is 4.99. The van der Waals surface area contributed by atoms with Crippen molar-refractivity contribution in [2.75, 3.05) is 0 Å². The summed E-state index contributed by atoms with van der Waals surface area (Å²) in [5.41, 5.74) is 1.68. The Morgan fingerprint density at radius 2 is 1.19 bits per heavy atom. The molecule has 0 aliphatic heterocycles. The van der Waals surface area contributed by atoms with Gasteiger partial charge in [0.1, 0.15) is 22.7 Å². The molecule has 0 radical (unpaired) electrons. The Labute approximate surface area is 164 Å². The predicted octanol–water partition coefficient (Wildman–Crippen LogP) is 7.16. The van der Waals surface area contributed by atoms with Crippen molar-refractivity contribution in [3.63, 3.8) is 0 Å². The van der Waals surface area contributed by atoms with Gasteiger partial charge in [0, 0.05) is 0 Å². The molecule has 2 heteroatoms. The van der Waals surface area contributed by atoms with E-state index < -0.39 is 0 Å². The Kier molecular flexibility index (Phi) is 6.90. The van der Waals surface area contributed by atoms with Crippen LogP contribution in [-0.2, 0) is 0 Å². The minimum Gasteiger partial charge on any atom is -0.488 e. The lowest BCUT2D eigenvalue weighted by atomic mass is 9.90. The molecule has 0 aromatic heterocycles. The molecule has 0 aliphatic carbocycles. The van der Waals surface area contributed by atoms with Crippen molar-refractivity contribution >= 4 is 12.2 Å². The lowest BCUT2D eigenvalue weighted by Gasteiger charge is -2.34. The molecule has 2 aromatic rings. The zero-order valence-corrected chi connectivity index (χ0v) is 17.1. The molecule has 0 bridgehead atoms. The van der Waals surface area contributed by atoms with Crippen molar-refractivity contribution in [2.45, 2.75) is 58.2 Å². The van der Waals surface area contributed by atoms with E-state index in [1.54, 1.807) is 0 Å². The topological polar surface area (TPSA) is 18.5 Å². The Hall–Kier alpha value is -2.48. The molecule has 0 N–H and O–H groups in total. The standard InChI is InChI=1S/C25H32O2/c1-7-20-10-14-22(15-11-20)26-24(4,5)18-19-25(6,9-3)27-23-16-12-21(8-2)13-17-23/h7-8,10-17H,1-2,9,18-19H2,3-6H3. The molecular formula is C25H32O2. The molecular weight excluding hydrogens is 332 g/mol. The molecule has 0 saturated heterocycles. The zero-order chi connectivity index (χ0) is 19.9. The van der Waals surface area contributed by atoms with E-state index in [4.69, 9.17) is 9.47 Å². The van der Waals surface area contributed by atoms with Crippen LogP contribution in [0.5, 0.6) is 11.5 Å². The quantitative estimate of drug-likeness (QED) is 0.445. The molecule has 2 nitrogen and oxygen atoms in total. The van der Waals surface area contributed by atoms with E-state index in [1.807, 2.05) is 60.7 Å². The lowest BCUT2D eigenvalue weighted by Crippen LogP contribution is -2.37. The maximum Gasteiger partial charge on any atom is 0.120 e. The predicted molar refractivity (Wildman–Crippen MR) is 116 cm³/mol. The van der Waals surface area contributed by atoms with E-state index in [0.717, 1.165) is 41.9 Å². The average molecular weight is 365 g/mol. The van der Waals surface area contributed by atoms with Crippen molar-refractivity contribution in [1.29, 1.82) is 0 Å². The second-order valence-electron chi connectivity index (χ2n) is 7.81. The van der Waals surface area contributed by atoms with E-state index in [1.165, 1.54) is 0 Å². The van der Waals surface area contributed by atoms with Crippen LogP contribution in [0.4, 0.5) is 0 Å². The van der Waals surface area contributed by atoms with E-state index in [0.29, 0.717) is 0 Å². The van der Waals surface area contributed by atoms with E-state index >= 15 is 0 Å². The summed E-state index contributed by atoms with van der Waals surface area (Å²) >= 11 is 0. The highest BCUT2D eigenvalue weighted by molar-refractivity contribution is 5.49. The highest BCUT2D eigenvalue weighted by Crippen LogP contribution is 2.31. The van der Waals surface area contributed by atoms with Gasteiger partial charge in [0.05, 0.1) is 0 Å². The fourth-order valence-electron chi connectivity index (χ4n) is 2.86. The van der Waals surface area contributed by atoms with E-state index in [9.17, 15) is 0 Å².